The van der Waals surface area contributed by atoms with Crippen LogP contribution in [-0.4, -0.2) is 32.9 Å². The molecule has 0 fully saturated rings. The smallest absolute Gasteiger partial charge is 0.338 e. The molecule has 0 heterocycles. The third kappa shape index (κ3) is 6.60. The molecular formula is C21H26N2O5S. The molecule has 0 radical (unpaired) electrons. The number of ether oxygens (including phenoxy) is 1. The number of aryl methyl sites for hydroxylation is 1. The molecule has 1 atom stereocenters. The summed E-state index contributed by atoms with van der Waals surface area (Å²) in [7, 11) is -3.79. The van der Waals surface area contributed by atoms with E-state index in [-0.39, 0.29) is 22.3 Å². The van der Waals surface area contributed by atoms with Crippen LogP contribution in [0.15, 0.2) is 53.4 Å². The molecule has 1 unspecified atom stereocenters. The van der Waals surface area contributed by atoms with Crippen molar-refractivity contribution in [1.82, 2.24) is 5.32 Å². The fourth-order valence-electron chi connectivity index (χ4n) is 2.34. The lowest BCUT2D eigenvalue weighted by Crippen LogP contribution is -2.37. The number of carbonyl (C=O) groups is 2. The second kappa shape index (κ2) is 9.56. The van der Waals surface area contributed by atoms with E-state index in [0.29, 0.717) is 12.2 Å². The van der Waals surface area contributed by atoms with Crippen LogP contribution in [0.5, 0.6) is 0 Å². The molecule has 0 spiro atoms. The summed E-state index contributed by atoms with van der Waals surface area (Å²) >= 11 is 0. The van der Waals surface area contributed by atoms with Crippen molar-refractivity contribution < 1.29 is 22.7 Å². The van der Waals surface area contributed by atoms with Gasteiger partial charge in [-0.3, -0.25) is 9.52 Å². The zero-order valence-electron chi connectivity index (χ0n) is 16.9. The van der Waals surface area contributed by atoms with E-state index in [0.717, 1.165) is 5.56 Å². The molecule has 2 aromatic carbocycles. The summed E-state index contributed by atoms with van der Waals surface area (Å²) in [5.41, 5.74) is 1.62. The van der Waals surface area contributed by atoms with E-state index in [2.05, 4.69) is 10.0 Å². The lowest BCUT2D eigenvalue weighted by Gasteiger charge is -2.14. The molecule has 0 aliphatic carbocycles. The Bertz CT molecular complexity index is 952. The van der Waals surface area contributed by atoms with Gasteiger partial charge in [0.05, 0.1) is 10.5 Å². The number of amides is 1. The summed E-state index contributed by atoms with van der Waals surface area (Å²) in [5.74, 6) is -0.800. The Morgan fingerprint density at radius 2 is 1.55 bits per heavy atom. The van der Waals surface area contributed by atoms with Gasteiger partial charge in [0.15, 0.2) is 6.10 Å². The molecular weight excluding hydrogens is 392 g/mol. The van der Waals surface area contributed by atoms with Crippen LogP contribution in [0.2, 0.25) is 0 Å². The van der Waals surface area contributed by atoms with Crippen LogP contribution in [0.3, 0.4) is 0 Å². The largest absolute Gasteiger partial charge is 0.449 e. The average molecular weight is 419 g/mol. The number of esters is 1. The van der Waals surface area contributed by atoms with Crippen LogP contribution in [0.25, 0.3) is 0 Å². The van der Waals surface area contributed by atoms with Crippen molar-refractivity contribution in [3.63, 3.8) is 0 Å². The first-order valence-corrected chi connectivity index (χ1v) is 10.7. The topological polar surface area (TPSA) is 102 Å². The highest BCUT2D eigenvalue weighted by Gasteiger charge is 2.20. The van der Waals surface area contributed by atoms with Crippen molar-refractivity contribution in [2.45, 2.75) is 38.7 Å². The number of sulfonamides is 1. The van der Waals surface area contributed by atoms with Crippen LogP contribution in [0.4, 0.5) is 5.69 Å². The Kier molecular flexibility index (Phi) is 7.39. The SMILES string of the molecule is Cc1ccc(NS(=O)(=O)c2ccc(C(=O)OC(C)C(=O)NCC(C)C)cc2)cc1. The van der Waals surface area contributed by atoms with Crippen molar-refractivity contribution in [2.75, 3.05) is 11.3 Å². The number of hydrogen-bond donors (Lipinski definition) is 2. The molecule has 8 heteroatoms. The molecule has 2 rings (SSSR count). The zero-order chi connectivity index (χ0) is 21.6. The first-order valence-electron chi connectivity index (χ1n) is 9.26. The van der Waals surface area contributed by atoms with E-state index in [9.17, 15) is 18.0 Å². The van der Waals surface area contributed by atoms with Crippen molar-refractivity contribution in [1.29, 1.82) is 0 Å². The summed E-state index contributed by atoms with van der Waals surface area (Å²) < 4.78 is 32.6. The van der Waals surface area contributed by atoms with Gasteiger partial charge < -0.3 is 10.1 Å². The van der Waals surface area contributed by atoms with Crippen LogP contribution in [-0.2, 0) is 19.6 Å². The molecule has 2 N–H and O–H groups in total. The Morgan fingerprint density at radius 3 is 2.10 bits per heavy atom. The molecule has 1 amide bonds. The number of carbonyl (C=O) groups excluding carboxylic acids is 2. The van der Waals surface area contributed by atoms with Gasteiger partial charge in [-0.25, -0.2) is 13.2 Å². The molecule has 29 heavy (non-hydrogen) atoms. The predicted octanol–water partition coefficient (Wildman–Crippen LogP) is 3.11. The normalized spacial score (nSPS) is 12.3. The number of anilines is 1. The summed E-state index contributed by atoms with van der Waals surface area (Å²) in [5, 5.41) is 2.69. The molecule has 156 valence electrons. The minimum atomic E-state index is -3.79. The maximum Gasteiger partial charge on any atom is 0.338 e. The van der Waals surface area contributed by atoms with Crippen molar-refractivity contribution in [2.24, 2.45) is 5.92 Å². The molecule has 0 bridgehead atoms. The molecule has 0 saturated heterocycles. The van der Waals surface area contributed by atoms with Gasteiger partial charge in [-0.1, -0.05) is 31.5 Å². The van der Waals surface area contributed by atoms with Crippen LogP contribution in [0, 0.1) is 12.8 Å². The number of benzene rings is 2. The Hall–Kier alpha value is -2.87. The molecule has 0 aliphatic rings. The highest BCUT2D eigenvalue weighted by molar-refractivity contribution is 7.92. The standard InChI is InChI=1S/C21H26N2O5S/c1-14(2)13-22-20(24)16(4)28-21(25)17-7-11-19(12-8-17)29(26,27)23-18-9-5-15(3)6-10-18/h5-12,14,16,23H,13H2,1-4H3,(H,22,24). The van der Waals surface area contributed by atoms with Crippen molar-refractivity contribution in [3.8, 4) is 0 Å². The van der Waals surface area contributed by atoms with E-state index in [1.54, 1.807) is 24.3 Å². The number of rotatable bonds is 8. The van der Waals surface area contributed by atoms with Crippen molar-refractivity contribution >= 4 is 27.6 Å². The zero-order valence-corrected chi connectivity index (χ0v) is 17.7. The van der Waals surface area contributed by atoms with Gasteiger partial charge >= 0.3 is 5.97 Å². The first-order chi connectivity index (χ1) is 13.6. The van der Waals surface area contributed by atoms with Gasteiger partial charge in [0.1, 0.15) is 0 Å². The van der Waals surface area contributed by atoms with E-state index in [4.69, 9.17) is 4.74 Å². The summed E-state index contributed by atoms with van der Waals surface area (Å²) in [6.07, 6.45) is -0.951. The highest BCUT2D eigenvalue weighted by atomic mass is 32.2. The minimum absolute atomic E-state index is 0.0114. The van der Waals surface area contributed by atoms with Gasteiger partial charge in [-0.05, 0) is 56.2 Å². The summed E-state index contributed by atoms with van der Waals surface area (Å²) in [4.78, 5) is 24.1. The lowest BCUT2D eigenvalue weighted by molar-refractivity contribution is -0.129. The van der Waals surface area contributed by atoms with Crippen molar-refractivity contribution in [3.05, 3.63) is 59.7 Å². The Labute approximate surface area is 171 Å². The minimum Gasteiger partial charge on any atom is -0.449 e. The molecule has 2 aromatic rings. The van der Waals surface area contributed by atoms with Gasteiger partial charge in [0.2, 0.25) is 0 Å². The van der Waals surface area contributed by atoms with Crippen LogP contribution >= 0.6 is 0 Å². The van der Waals surface area contributed by atoms with E-state index >= 15 is 0 Å². The quantitative estimate of drug-likeness (QED) is 0.642. The van der Waals surface area contributed by atoms with Gasteiger partial charge in [-0.2, -0.15) is 0 Å². The van der Waals surface area contributed by atoms with Crippen LogP contribution in [0.1, 0.15) is 36.7 Å². The Morgan fingerprint density at radius 1 is 0.966 bits per heavy atom. The maximum absolute atomic E-state index is 12.5. The number of hydrogen-bond acceptors (Lipinski definition) is 5. The molecule has 7 nitrogen and oxygen atoms in total. The van der Waals surface area contributed by atoms with Gasteiger partial charge in [0.25, 0.3) is 15.9 Å². The van der Waals surface area contributed by atoms with Crippen LogP contribution < -0.4 is 10.0 Å². The summed E-state index contributed by atoms with van der Waals surface area (Å²) in [6, 6.07) is 12.3. The molecule has 0 aromatic heterocycles. The van der Waals surface area contributed by atoms with E-state index in [1.807, 2.05) is 20.8 Å². The Balaban J connectivity index is 2.02. The highest BCUT2D eigenvalue weighted by Crippen LogP contribution is 2.17. The predicted molar refractivity (Wildman–Crippen MR) is 111 cm³/mol. The monoisotopic (exact) mass is 418 g/mol. The molecule has 0 saturated carbocycles. The maximum atomic E-state index is 12.5. The van der Waals surface area contributed by atoms with Gasteiger partial charge in [-0.15, -0.1) is 0 Å². The second-order valence-electron chi connectivity index (χ2n) is 7.18. The third-order valence-electron chi connectivity index (χ3n) is 4.04. The average Bonchev–Trinajstić information content (AvgIpc) is 2.67. The fourth-order valence-corrected chi connectivity index (χ4v) is 3.40. The van der Waals surface area contributed by atoms with E-state index < -0.39 is 22.1 Å². The summed E-state index contributed by atoms with van der Waals surface area (Å²) in [6.45, 7) is 7.80. The fraction of sp³-hybridized carbons (Fsp3) is 0.333. The van der Waals surface area contributed by atoms with E-state index in [1.165, 1.54) is 31.2 Å². The first kappa shape index (κ1) is 22.4. The lowest BCUT2D eigenvalue weighted by atomic mass is 10.2. The van der Waals surface area contributed by atoms with Gasteiger partial charge in [0, 0.05) is 12.2 Å². The second-order valence-corrected chi connectivity index (χ2v) is 8.86. The number of nitrogens with one attached hydrogen (secondary N) is 2. The third-order valence-corrected chi connectivity index (χ3v) is 5.44. The molecule has 0 aliphatic heterocycles.